The zero-order valence-corrected chi connectivity index (χ0v) is 10.9. The van der Waals surface area contributed by atoms with Crippen molar-refractivity contribution in [3.8, 4) is 0 Å². The van der Waals surface area contributed by atoms with Gasteiger partial charge in [0, 0.05) is 10.7 Å². The zero-order valence-electron chi connectivity index (χ0n) is 9.32. The first kappa shape index (κ1) is 13.6. The van der Waals surface area contributed by atoms with E-state index in [4.69, 9.17) is 15.4 Å². The number of nitrogens with one attached hydrogen (secondary N) is 1. The second kappa shape index (κ2) is 4.79. The number of hydrogen-bond donors (Lipinski definition) is 1. The summed E-state index contributed by atoms with van der Waals surface area (Å²) in [5, 5.41) is 0. The van der Waals surface area contributed by atoms with E-state index in [9.17, 15) is 13.2 Å². The Morgan fingerprint density at radius 3 is 2.31 bits per heavy atom. The van der Waals surface area contributed by atoms with Crippen LogP contribution < -0.4 is 4.72 Å². The molecule has 7 heteroatoms. The molecule has 16 heavy (non-hydrogen) atoms. The topological polar surface area (TPSA) is 72.5 Å². The lowest BCUT2D eigenvalue weighted by Gasteiger charge is -2.33. The standard InChI is InChI=1S/C9H16ClNO4S/c1-9(2)5-3-7(4-6-9)15-8(12)11-16(10,13)14/h7H,3-6H2,1-2H3,(H,11,12). The molecule has 5 nitrogen and oxygen atoms in total. The molecule has 1 amide bonds. The van der Waals surface area contributed by atoms with Gasteiger partial charge in [0.15, 0.2) is 0 Å². The highest BCUT2D eigenvalue weighted by Crippen LogP contribution is 2.36. The number of amides is 1. The van der Waals surface area contributed by atoms with Crippen LogP contribution in [0.5, 0.6) is 0 Å². The van der Waals surface area contributed by atoms with E-state index in [1.54, 1.807) is 4.72 Å². The van der Waals surface area contributed by atoms with Gasteiger partial charge in [-0.3, -0.25) is 0 Å². The Morgan fingerprint density at radius 2 is 1.88 bits per heavy atom. The second-order valence-corrected chi connectivity index (χ2v) is 7.11. The number of ether oxygens (including phenoxy) is 1. The van der Waals surface area contributed by atoms with Crippen molar-refractivity contribution < 1.29 is 17.9 Å². The first-order chi connectivity index (χ1) is 7.18. The van der Waals surface area contributed by atoms with Gasteiger partial charge in [-0.1, -0.05) is 13.8 Å². The Bertz CT molecular complexity index is 356. The average molecular weight is 270 g/mol. The summed E-state index contributed by atoms with van der Waals surface area (Å²) in [7, 11) is 0.802. The summed E-state index contributed by atoms with van der Waals surface area (Å²) in [5.74, 6) is 0. The number of hydrogen-bond acceptors (Lipinski definition) is 4. The van der Waals surface area contributed by atoms with Crippen molar-refractivity contribution in [3.05, 3.63) is 0 Å². The van der Waals surface area contributed by atoms with Crippen LogP contribution in [0.15, 0.2) is 0 Å². The van der Waals surface area contributed by atoms with Crippen LogP contribution >= 0.6 is 10.7 Å². The van der Waals surface area contributed by atoms with Crippen LogP contribution in [0, 0.1) is 5.41 Å². The molecule has 0 saturated heterocycles. The Morgan fingerprint density at radius 1 is 1.38 bits per heavy atom. The molecule has 0 heterocycles. The summed E-state index contributed by atoms with van der Waals surface area (Å²) in [6.45, 7) is 4.32. The molecule has 0 aromatic carbocycles. The van der Waals surface area contributed by atoms with Crippen molar-refractivity contribution in [3.63, 3.8) is 0 Å². The molecule has 0 aromatic heterocycles. The Hall–Kier alpha value is -0.490. The van der Waals surface area contributed by atoms with Crippen molar-refractivity contribution in [2.75, 3.05) is 0 Å². The van der Waals surface area contributed by atoms with E-state index in [0.717, 1.165) is 25.7 Å². The molecule has 0 spiro atoms. The van der Waals surface area contributed by atoms with Crippen molar-refractivity contribution in [1.29, 1.82) is 0 Å². The maximum Gasteiger partial charge on any atom is 0.422 e. The number of carbonyl (C=O) groups is 1. The van der Waals surface area contributed by atoms with Gasteiger partial charge in [0.2, 0.25) is 0 Å². The Kier molecular flexibility index (Phi) is 4.07. The van der Waals surface area contributed by atoms with E-state index in [1.807, 2.05) is 0 Å². The van der Waals surface area contributed by atoms with E-state index in [0.29, 0.717) is 0 Å². The lowest BCUT2D eigenvalue weighted by molar-refractivity contribution is 0.0514. The lowest BCUT2D eigenvalue weighted by atomic mass is 9.76. The van der Waals surface area contributed by atoms with Gasteiger partial charge < -0.3 is 4.74 Å². The second-order valence-electron chi connectivity index (χ2n) is 4.81. The first-order valence-electron chi connectivity index (χ1n) is 5.11. The van der Waals surface area contributed by atoms with Crippen molar-refractivity contribution in [2.24, 2.45) is 5.41 Å². The third-order valence-electron chi connectivity index (χ3n) is 2.77. The van der Waals surface area contributed by atoms with Crippen LogP contribution in [0.25, 0.3) is 0 Å². The summed E-state index contributed by atoms with van der Waals surface area (Å²) < 4.78 is 27.6. The van der Waals surface area contributed by atoms with Gasteiger partial charge in [-0.15, -0.1) is 0 Å². The SMILES string of the molecule is CC1(C)CCC(OC(=O)NS(=O)(=O)Cl)CC1. The van der Waals surface area contributed by atoms with Gasteiger partial charge in [0.1, 0.15) is 6.10 Å². The summed E-state index contributed by atoms with van der Waals surface area (Å²) in [6.07, 6.45) is 2.20. The van der Waals surface area contributed by atoms with Gasteiger partial charge in [-0.25, -0.2) is 9.52 Å². The molecule has 94 valence electrons. The smallest absolute Gasteiger partial charge is 0.422 e. The maximum atomic E-state index is 11.1. The van der Waals surface area contributed by atoms with Gasteiger partial charge in [-0.05, 0) is 31.1 Å². The lowest BCUT2D eigenvalue weighted by Crippen LogP contribution is -2.34. The van der Waals surface area contributed by atoms with Crippen LogP contribution in [0.1, 0.15) is 39.5 Å². The maximum absolute atomic E-state index is 11.1. The minimum atomic E-state index is -4.05. The highest BCUT2D eigenvalue weighted by Gasteiger charge is 2.29. The Labute approximate surface area is 100 Å². The molecule has 1 rings (SSSR count). The highest BCUT2D eigenvalue weighted by molar-refractivity contribution is 8.12. The van der Waals surface area contributed by atoms with Gasteiger partial charge >= 0.3 is 15.3 Å². The molecule has 0 aromatic rings. The fourth-order valence-electron chi connectivity index (χ4n) is 1.77. The number of carbonyl (C=O) groups excluding carboxylic acids is 1. The van der Waals surface area contributed by atoms with Crippen LogP contribution in [0.4, 0.5) is 4.79 Å². The minimum Gasteiger partial charge on any atom is -0.446 e. The molecule has 1 fully saturated rings. The van der Waals surface area contributed by atoms with E-state index in [2.05, 4.69) is 13.8 Å². The normalized spacial score (nSPS) is 21.4. The predicted octanol–water partition coefficient (Wildman–Crippen LogP) is 2.17. The van der Waals surface area contributed by atoms with Crippen LogP contribution in [0.2, 0.25) is 0 Å². The summed E-state index contributed by atoms with van der Waals surface area (Å²) in [5.41, 5.74) is 0.273. The molecular weight excluding hydrogens is 254 g/mol. The fourth-order valence-corrected chi connectivity index (χ4v) is 2.20. The molecule has 0 atom stereocenters. The molecule has 0 unspecified atom stereocenters. The number of halogens is 1. The summed E-state index contributed by atoms with van der Waals surface area (Å²) in [4.78, 5) is 11.1. The van der Waals surface area contributed by atoms with Gasteiger partial charge in [0.25, 0.3) is 0 Å². The van der Waals surface area contributed by atoms with E-state index in [-0.39, 0.29) is 11.5 Å². The first-order valence-corrected chi connectivity index (χ1v) is 7.42. The molecular formula is C9H16ClNO4S. The van der Waals surface area contributed by atoms with E-state index >= 15 is 0 Å². The van der Waals surface area contributed by atoms with Crippen molar-refractivity contribution in [1.82, 2.24) is 4.72 Å². The van der Waals surface area contributed by atoms with Gasteiger partial charge in [0.05, 0.1) is 0 Å². The molecule has 0 radical (unpaired) electrons. The Balaban J connectivity index is 2.37. The third kappa shape index (κ3) is 5.03. The molecule has 0 aliphatic heterocycles. The van der Waals surface area contributed by atoms with E-state index < -0.39 is 15.3 Å². The van der Waals surface area contributed by atoms with Crippen molar-refractivity contribution >= 4 is 26.0 Å². The highest BCUT2D eigenvalue weighted by atomic mass is 35.7. The largest absolute Gasteiger partial charge is 0.446 e. The van der Waals surface area contributed by atoms with E-state index in [1.165, 1.54) is 0 Å². The monoisotopic (exact) mass is 269 g/mol. The minimum absolute atomic E-state index is 0.216. The molecule has 1 aliphatic rings. The third-order valence-corrected chi connectivity index (χ3v) is 3.41. The van der Waals surface area contributed by atoms with Crippen LogP contribution in [0.3, 0.4) is 0 Å². The summed E-state index contributed by atoms with van der Waals surface area (Å²) >= 11 is 0. The fraction of sp³-hybridized carbons (Fsp3) is 0.889. The molecule has 1 saturated carbocycles. The zero-order chi connectivity index (χ0) is 12.4. The quantitative estimate of drug-likeness (QED) is 0.780. The van der Waals surface area contributed by atoms with Gasteiger partial charge in [-0.2, -0.15) is 8.42 Å². The van der Waals surface area contributed by atoms with Crippen molar-refractivity contribution in [2.45, 2.75) is 45.6 Å². The average Bonchev–Trinajstić information content (AvgIpc) is 2.05. The van der Waals surface area contributed by atoms with Crippen LogP contribution in [-0.2, 0) is 14.0 Å². The summed E-state index contributed by atoms with van der Waals surface area (Å²) in [6, 6.07) is 0. The molecule has 1 aliphatic carbocycles. The molecule has 0 bridgehead atoms. The molecule has 1 N–H and O–H groups in total. The predicted molar refractivity (Wildman–Crippen MR) is 60.4 cm³/mol. The number of rotatable bonds is 2. The van der Waals surface area contributed by atoms with Crippen LogP contribution in [-0.4, -0.2) is 20.6 Å².